The molecule has 128 valence electrons. The predicted octanol–water partition coefficient (Wildman–Crippen LogP) is 2.82. The summed E-state index contributed by atoms with van der Waals surface area (Å²) in [6.45, 7) is 7.21. The lowest BCUT2D eigenvalue weighted by Crippen LogP contribution is -2.59. The first-order valence-corrected chi connectivity index (χ1v) is 8.15. The van der Waals surface area contributed by atoms with Gasteiger partial charge in [-0.3, -0.25) is 4.90 Å². The Morgan fingerprint density at radius 1 is 1.26 bits per heavy atom. The number of methoxy groups -OCH3 is 2. The molecule has 1 aromatic carbocycles. The van der Waals surface area contributed by atoms with E-state index >= 15 is 0 Å². The highest BCUT2D eigenvalue weighted by Crippen LogP contribution is 2.38. The number of nitrogens with zero attached hydrogens (tertiary/aromatic N) is 1. The molecular weight excluding hydrogens is 290 g/mol. The van der Waals surface area contributed by atoms with Crippen LogP contribution < -0.4 is 4.74 Å². The largest absolute Gasteiger partial charge is 0.496 e. The summed E-state index contributed by atoms with van der Waals surface area (Å²) >= 11 is 0. The van der Waals surface area contributed by atoms with Gasteiger partial charge in [-0.1, -0.05) is 44.2 Å². The molecule has 2 rings (SSSR count). The second-order valence-electron chi connectivity index (χ2n) is 6.98. The average molecular weight is 319 g/mol. The molecular formula is C19H29NO3. The molecule has 0 aromatic heterocycles. The standard InChI is InChI=1S/C19H29NO3/c1-18(2)14-20(13-11-19(18,21)15-22-3)12-7-9-16-8-5-6-10-17(16)23-4/h5-10,21H,11-15H2,1-4H3/b9-7+/t19-/m1/s1. The maximum Gasteiger partial charge on any atom is 0.126 e. The lowest BCUT2D eigenvalue weighted by Gasteiger charge is -2.49. The number of hydrogen-bond acceptors (Lipinski definition) is 4. The summed E-state index contributed by atoms with van der Waals surface area (Å²) in [6.07, 6.45) is 4.99. The predicted molar refractivity (Wildman–Crippen MR) is 93.7 cm³/mol. The zero-order valence-corrected chi connectivity index (χ0v) is 14.7. The topological polar surface area (TPSA) is 41.9 Å². The van der Waals surface area contributed by atoms with Crippen LogP contribution in [0.5, 0.6) is 5.75 Å². The van der Waals surface area contributed by atoms with Crippen LogP contribution in [0.3, 0.4) is 0 Å². The fraction of sp³-hybridized carbons (Fsp3) is 0.579. The normalized spacial score (nSPS) is 24.9. The van der Waals surface area contributed by atoms with E-state index in [0.717, 1.165) is 37.4 Å². The Hall–Kier alpha value is -1.36. The molecule has 1 atom stereocenters. The van der Waals surface area contributed by atoms with Crippen molar-refractivity contribution in [2.45, 2.75) is 25.9 Å². The van der Waals surface area contributed by atoms with E-state index in [9.17, 15) is 5.11 Å². The minimum absolute atomic E-state index is 0.195. The third-order valence-electron chi connectivity index (χ3n) is 4.90. The van der Waals surface area contributed by atoms with Crippen LogP contribution in [0.4, 0.5) is 0 Å². The van der Waals surface area contributed by atoms with Crippen molar-refractivity contribution in [3.63, 3.8) is 0 Å². The van der Waals surface area contributed by atoms with E-state index in [1.807, 2.05) is 24.3 Å². The molecule has 0 aliphatic carbocycles. The van der Waals surface area contributed by atoms with Gasteiger partial charge in [0.2, 0.25) is 0 Å². The lowest BCUT2D eigenvalue weighted by atomic mass is 9.70. The first-order chi connectivity index (χ1) is 10.9. The highest BCUT2D eigenvalue weighted by Gasteiger charge is 2.47. The van der Waals surface area contributed by atoms with Gasteiger partial charge in [0, 0.05) is 37.7 Å². The van der Waals surface area contributed by atoms with Crippen molar-refractivity contribution in [1.82, 2.24) is 4.90 Å². The third-order valence-corrected chi connectivity index (χ3v) is 4.90. The molecule has 4 nitrogen and oxygen atoms in total. The van der Waals surface area contributed by atoms with Crippen molar-refractivity contribution in [2.24, 2.45) is 5.41 Å². The van der Waals surface area contributed by atoms with Crippen molar-refractivity contribution in [2.75, 3.05) is 40.5 Å². The van der Waals surface area contributed by atoms with Crippen LogP contribution in [-0.4, -0.2) is 56.1 Å². The summed E-state index contributed by atoms with van der Waals surface area (Å²) in [4.78, 5) is 2.37. The lowest BCUT2D eigenvalue weighted by molar-refractivity contribution is -0.149. The van der Waals surface area contributed by atoms with Gasteiger partial charge in [0.25, 0.3) is 0 Å². The third kappa shape index (κ3) is 4.14. The molecule has 0 spiro atoms. The maximum atomic E-state index is 10.8. The number of likely N-dealkylation sites (tertiary alicyclic amines) is 1. The SMILES string of the molecule is COC[C@]1(O)CCN(C/C=C/c2ccccc2OC)CC1(C)C. The maximum absolute atomic E-state index is 10.8. The molecule has 1 saturated heterocycles. The van der Waals surface area contributed by atoms with Gasteiger partial charge in [-0.05, 0) is 12.5 Å². The molecule has 0 radical (unpaired) electrons. The number of para-hydroxylation sites is 1. The number of hydrogen-bond donors (Lipinski definition) is 1. The fourth-order valence-electron chi connectivity index (χ4n) is 3.26. The Morgan fingerprint density at radius 2 is 2.00 bits per heavy atom. The van der Waals surface area contributed by atoms with Gasteiger partial charge in [0.05, 0.1) is 19.3 Å². The first-order valence-electron chi connectivity index (χ1n) is 8.15. The zero-order valence-electron chi connectivity index (χ0n) is 14.7. The van der Waals surface area contributed by atoms with E-state index in [1.54, 1.807) is 14.2 Å². The second-order valence-corrected chi connectivity index (χ2v) is 6.98. The van der Waals surface area contributed by atoms with E-state index < -0.39 is 5.60 Å². The van der Waals surface area contributed by atoms with Gasteiger partial charge in [-0.25, -0.2) is 0 Å². The van der Waals surface area contributed by atoms with Gasteiger partial charge in [0.1, 0.15) is 5.75 Å². The van der Waals surface area contributed by atoms with E-state index in [4.69, 9.17) is 9.47 Å². The average Bonchev–Trinajstić information content (AvgIpc) is 2.52. The number of piperidine rings is 1. The Balaban J connectivity index is 1.96. The molecule has 0 bridgehead atoms. The van der Waals surface area contributed by atoms with Crippen LogP contribution >= 0.6 is 0 Å². The zero-order chi connectivity index (χ0) is 16.9. The Bertz CT molecular complexity index is 541. The van der Waals surface area contributed by atoms with Crippen molar-refractivity contribution in [3.05, 3.63) is 35.9 Å². The minimum atomic E-state index is -0.745. The second kappa shape index (κ2) is 7.47. The van der Waals surface area contributed by atoms with E-state index in [0.29, 0.717) is 6.61 Å². The molecule has 1 aromatic rings. The van der Waals surface area contributed by atoms with Gasteiger partial charge in [0.15, 0.2) is 0 Å². The molecule has 1 N–H and O–H groups in total. The summed E-state index contributed by atoms with van der Waals surface area (Å²) in [5.41, 5.74) is 0.145. The Morgan fingerprint density at radius 3 is 2.65 bits per heavy atom. The van der Waals surface area contributed by atoms with Crippen molar-refractivity contribution < 1.29 is 14.6 Å². The van der Waals surface area contributed by atoms with Gasteiger partial charge >= 0.3 is 0 Å². The molecule has 1 aliphatic rings. The minimum Gasteiger partial charge on any atom is -0.496 e. The van der Waals surface area contributed by atoms with Crippen LogP contribution in [0, 0.1) is 5.41 Å². The van der Waals surface area contributed by atoms with E-state index in [2.05, 4.69) is 30.9 Å². The van der Waals surface area contributed by atoms with E-state index in [-0.39, 0.29) is 5.41 Å². The molecule has 1 heterocycles. The number of benzene rings is 1. The molecule has 1 fully saturated rings. The summed E-state index contributed by atoms with van der Waals surface area (Å²) in [5, 5.41) is 10.8. The molecule has 1 aliphatic heterocycles. The summed E-state index contributed by atoms with van der Waals surface area (Å²) in [5.74, 6) is 0.886. The van der Waals surface area contributed by atoms with Crippen LogP contribution in [0.1, 0.15) is 25.8 Å². The van der Waals surface area contributed by atoms with Crippen LogP contribution in [0.25, 0.3) is 6.08 Å². The van der Waals surface area contributed by atoms with Gasteiger partial charge in [-0.15, -0.1) is 0 Å². The summed E-state index contributed by atoms with van der Waals surface area (Å²) in [7, 11) is 3.34. The highest BCUT2D eigenvalue weighted by atomic mass is 16.5. The number of aliphatic hydroxyl groups is 1. The quantitative estimate of drug-likeness (QED) is 0.875. The van der Waals surface area contributed by atoms with Crippen LogP contribution in [0.15, 0.2) is 30.3 Å². The molecule has 23 heavy (non-hydrogen) atoms. The monoisotopic (exact) mass is 319 g/mol. The molecule has 0 unspecified atom stereocenters. The van der Waals surface area contributed by atoms with Gasteiger partial charge < -0.3 is 14.6 Å². The van der Waals surface area contributed by atoms with Crippen molar-refractivity contribution in [3.8, 4) is 5.75 Å². The molecule has 4 heteroatoms. The van der Waals surface area contributed by atoms with E-state index in [1.165, 1.54) is 0 Å². The number of ether oxygens (including phenoxy) is 2. The summed E-state index contributed by atoms with van der Waals surface area (Å²) in [6, 6.07) is 8.00. The van der Waals surface area contributed by atoms with Crippen molar-refractivity contribution >= 4 is 6.08 Å². The summed E-state index contributed by atoms with van der Waals surface area (Å²) < 4.78 is 10.6. The highest BCUT2D eigenvalue weighted by molar-refractivity contribution is 5.57. The first kappa shape index (κ1) is 18.0. The van der Waals surface area contributed by atoms with Crippen molar-refractivity contribution in [1.29, 1.82) is 0 Å². The molecule has 0 saturated carbocycles. The smallest absolute Gasteiger partial charge is 0.126 e. The fourth-order valence-corrected chi connectivity index (χ4v) is 3.26. The Labute approximate surface area is 139 Å². The van der Waals surface area contributed by atoms with Crippen LogP contribution in [0.2, 0.25) is 0 Å². The van der Waals surface area contributed by atoms with Gasteiger partial charge in [-0.2, -0.15) is 0 Å². The Kier molecular flexibility index (Phi) is 5.84. The number of rotatable bonds is 6. The molecule has 0 amide bonds. The van der Waals surface area contributed by atoms with Crippen LogP contribution in [-0.2, 0) is 4.74 Å².